The molecule has 42 heavy (non-hydrogen) atoms. The third kappa shape index (κ3) is 18.7. The first kappa shape index (κ1) is 38.2. The molecule has 0 amide bonds. The Balaban J connectivity index is 1.38. The average molecular weight is 616 g/mol. The lowest BCUT2D eigenvalue weighted by atomic mass is 9.85. The average Bonchev–Trinajstić information content (AvgIpc) is 3.00. The number of nitrogens with zero attached hydrogens (tertiary/aromatic N) is 1. The van der Waals surface area contributed by atoms with Crippen molar-refractivity contribution >= 4 is 7.82 Å². The molecule has 6 nitrogen and oxygen atoms in total. The van der Waals surface area contributed by atoms with Gasteiger partial charge in [-0.15, -0.1) is 0 Å². The summed E-state index contributed by atoms with van der Waals surface area (Å²) < 4.78 is 30.0. The smallest absolute Gasteiger partial charge is 0.267 e. The lowest BCUT2D eigenvalue weighted by Crippen LogP contribution is -2.58. The van der Waals surface area contributed by atoms with E-state index in [9.17, 15) is 9.46 Å². The van der Waals surface area contributed by atoms with Crippen molar-refractivity contribution < 1.29 is 27.7 Å². The molecule has 0 aliphatic carbocycles. The normalized spacial score (nSPS) is 22.4. The Bertz CT molecular complexity index is 656. The van der Waals surface area contributed by atoms with Crippen LogP contribution in [-0.4, -0.2) is 57.1 Å². The summed E-state index contributed by atoms with van der Waals surface area (Å²) in [6.45, 7) is 11.6. The highest BCUT2D eigenvalue weighted by atomic mass is 31.2. The van der Waals surface area contributed by atoms with E-state index >= 15 is 0 Å². The van der Waals surface area contributed by atoms with E-state index in [2.05, 4.69) is 13.8 Å². The topological polar surface area (TPSA) is 67.8 Å². The summed E-state index contributed by atoms with van der Waals surface area (Å²) in [5.74, 6) is 1.11. The van der Waals surface area contributed by atoms with Gasteiger partial charge in [-0.3, -0.25) is 4.57 Å². The number of fused-ring (bicyclic) bond motifs is 3. The van der Waals surface area contributed by atoms with Gasteiger partial charge in [0.15, 0.2) is 0 Å². The fourth-order valence-electron chi connectivity index (χ4n) is 7.06. The van der Waals surface area contributed by atoms with Gasteiger partial charge in [0.2, 0.25) is 0 Å². The van der Waals surface area contributed by atoms with Gasteiger partial charge in [-0.05, 0) is 57.3 Å². The zero-order chi connectivity index (χ0) is 30.2. The Hall–Kier alpha value is 0.0300. The second-order valence-electron chi connectivity index (χ2n) is 13.8. The minimum absolute atomic E-state index is 0.0971. The minimum atomic E-state index is -4.24. The standard InChI is InChI=1S/C35H70NO5P/c1-3-5-6-7-8-9-10-11-12-13-14-15-17-20-30-39-32-35(22-4-2)33-41-42(37,38)40-31-21-18-16-19-26-36-27-23-34(24-28-36)25-29-36/h34-35H,3-33H2,1-2H3. The van der Waals surface area contributed by atoms with Crippen LogP contribution in [0.5, 0.6) is 0 Å². The molecule has 3 heterocycles. The van der Waals surface area contributed by atoms with Gasteiger partial charge in [0.25, 0.3) is 7.82 Å². The monoisotopic (exact) mass is 615 g/mol. The van der Waals surface area contributed by atoms with Crippen LogP contribution in [0, 0.1) is 11.8 Å². The van der Waals surface area contributed by atoms with E-state index in [0.29, 0.717) is 6.61 Å². The van der Waals surface area contributed by atoms with Crippen LogP contribution >= 0.6 is 7.82 Å². The summed E-state index contributed by atoms with van der Waals surface area (Å²) in [5, 5.41) is 0. The number of unbranched alkanes of at least 4 members (excludes halogenated alkanes) is 16. The van der Waals surface area contributed by atoms with Crippen LogP contribution in [0.25, 0.3) is 0 Å². The molecule has 7 heteroatoms. The van der Waals surface area contributed by atoms with Gasteiger partial charge in [-0.1, -0.05) is 110 Å². The highest BCUT2D eigenvalue weighted by Gasteiger charge is 2.38. The molecular formula is C35H70NO5P. The highest BCUT2D eigenvalue weighted by Crippen LogP contribution is 2.39. The largest absolute Gasteiger partial charge is 0.756 e. The lowest BCUT2D eigenvalue weighted by molar-refractivity contribution is -0.942. The van der Waals surface area contributed by atoms with Crippen molar-refractivity contribution in [2.24, 2.45) is 11.8 Å². The quantitative estimate of drug-likeness (QED) is 0.0457. The summed E-state index contributed by atoms with van der Waals surface area (Å²) in [7, 11) is -4.24. The molecule has 0 radical (unpaired) electrons. The number of quaternary nitrogens is 1. The predicted octanol–water partition coefficient (Wildman–Crippen LogP) is 9.59. The van der Waals surface area contributed by atoms with Crippen molar-refractivity contribution in [2.75, 3.05) is 52.6 Å². The molecule has 2 atom stereocenters. The van der Waals surface area contributed by atoms with Crippen molar-refractivity contribution in [1.82, 2.24) is 0 Å². The summed E-state index contributed by atoms with van der Waals surface area (Å²) in [6.07, 6.45) is 29.3. The maximum atomic E-state index is 12.3. The molecule has 0 aromatic carbocycles. The van der Waals surface area contributed by atoms with Crippen LogP contribution in [0.1, 0.15) is 162 Å². The molecule has 3 saturated heterocycles. The zero-order valence-electron chi connectivity index (χ0n) is 28.0. The van der Waals surface area contributed by atoms with Crippen molar-refractivity contribution in [3.05, 3.63) is 0 Å². The van der Waals surface area contributed by atoms with Gasteiger partial charge in [-0.2, -0.15) is 0 Å². The Morgan fingerprint density at radius 1 is 0.643 bits per heavy atom. The Morgan fingerprint density at radius 2 is 1.14 bits per heavy atom. The van der Waals surface area contributed by atoms with Crippen LogP contribution < -0.4 is 4.89 Å². The Kier molecular flexibility index (Phi) is 22.1. The minimum Gasteiger partial charge on any atom is -0.756 e. The van der Waals surface area contributed by atoms with E-state index in [1.807, 2.05) is 0 Å². The number of phosphoric acid groups is 1. The van der Waals surface area contributed by atoms with Crippen molar-refractivity contribution in [1.29, 1.82) is 0 Å². The molecule has 3 fully saturated rings. The van der Waals surface area contributed by atoms with Gasteiger partial charge in [0.1, 0.15) is 0 Å². The van der Waals surface area contributed by atoms with Gasteiger partial charge in [0.05, 0.1) is 46.0 Å². The second-order valence-corrected chi connectivity index (χ2v) is 15.2. The predicted molar refractivity (Wildman–Crippen MR) is 175 cm³/mol. The summed E-state index contributed by atoms with van der Waals surface area (Å²) >= 11 is 0. The molecule has 0 aromatic heterocycles. The fourth-order valence-corrected chi connectivity index (χ4v) is 7.88. The number of phosphoric ester groups is 1. The van der Waals surface area contributed by atoms with Crippen molar-refractivity contribution in [3.8, 4) is 0 Å². The van der Waals surface area contributed by atoms with E-state index in [1.165, 1.54) is 140 Å². The van der Waals surface area contributed by atoms with Crippen LogP contribution in [0.4, 0.5) is 0 Å². The van der Waals surface area contributed by atoms with Crippen molar-refractivity contribution in [3.63, 3.8) is 0 Å². The third-order valence-electron chi connectivity index (χ3n) is 9.97. The van der Waals surface area contributed by atoms with Gasteiger partial charge in [-0.25, -0.2) is 0 Å². The van der Waals surface area contributed by atoms with Crippen LogP contribution in [0.15, 0.2) is 0 Å². The zero-order valence-corrected chi connectivity index (χ0v) is 28.9. The van der Waals surface area contributed by atoms with Crippen LogP contribution in [0.2, 0.25) is 0 Å². The molecule has 0 N–H and O–H groups in total. The first-order chi connectivity index (χ1) is 20.5. The SMILES string of the molecule is CCCCCCCCCCCCCCCCOCC(CCC)COP(=O)([O-])OCCCCCC[N+]12CCC(CC1)CC2. The molecular weight excluding hydrogens is 545 g/mol. The lowest BCUT2D eigenvalue weighted by Gasteiger charge is -2.49. The summed E-state index contributed by atoms with van der Waals surface area (Å²) in [6, 6.07) is 0. The number of hydrogen-bond acceptors (Lipinski definition) is 5. The number of ether oxygens (including phenoxy) is 1. The summed E-state index contributed by atoms with van der Waals surface area (Å²) in [4.78, 5) is 12.3. The molecule has 0 spiro atoms. The van der Waals surface area contributed by atoms with E-state index in [-0.39, 0.29) is 19.1 Å². The molecule has 0 saturated carbocycles. The molecule has 3 rings (SSSR count). The number of rotatable bonds is 30. The van der Waals surface area contributed by atoms with Crippen LogP contribution in [-0.2, 0) is 18.3 Å². The molecule has 3 aliphatic rings. The van der Waals surface area contributed by atoms with E-state index in [1.54, 1.807) is 0 Å². The number of hydrogen-bond donors (Lipinski definition) is 0. The maximum Gasteiger partial charge on any atom is 0.267 e. The first-order valence-corrected chi connectivity index (χ1v) is 20.0. The Labute approximate surface area is 261 Å². The highest BCUT2D eigenvalue weighted by molar-refractivity contribution is 7.45. The summed E-state index contributed by atoms with van der Waals surface area (Å²) in [5.41, 5.74) is 0. The molecule has 3 aliphatic heterocycles. The third-order valence-corrected chi connectivity index (χ3v) is 10.9. The maximum absolute atomic E-state index is 12.3. The number of piperidine rings is 3. The van der Waals surface area contributed by atoms with Gasteiger partial charge in [0, 0.05) is 12.5 Å². The van der Waals surface area contributed by atoms with E-state index in [0.717, 1.165) is 51.0 Å². The van der Waals surface area contributed by atoms with Crippen molar-refractivity contribution in [2.45, 2.75) is 162 Å². The van der Waals surface area contributed by atoms with E-state index < -0.39 is 7.82 Å². The molecule has 2 unspecified atom stereocenters. The van der Waals surface area contributed by atoms with Crippen LogP contribution in [0.3, 0.4) is 0 Å². The molecule has 0 aromatic rings. The van der Waals surface area contributed by atoms with E-state index in [4.69, 9.17) is 13.8 Å². The van der Waals surface area contributed by atoms with Gasteiger partial charge < -0.3 is 23.2 Å². The molecule has 250 valence electrons. The fraction of sp³-hybridized carbons (Fsp3) is 1.00. The second kappa shape index (κ2) is 24.3. The first-order valence-electron chi connectivity index (χ1n) is 18.5. The Morgan fingerprint density at radius 3 is 1.69 bits per heavy atom. The molecule has 2 bridgehead atoms. The van der Waals surface area contributed by atoms with Gasteiger partial charge >= 0.3 is 0 Å².